The largest absolute Gasteiger partial charge is 0.325 e. The number of anilines is 1. The van der Waals surface area contributed by atoms with Crippen molar-refractivity contribution in [2.24, 2.45) is 0 Å². The second-order valence-electron chi connectivity index (χ2n) is 4.87. The third kappa shape index (κ3) is 4.56. The van der Waals surface area contributed by atoms with Crippen LogP contribution in [0.4, 0.5) is 5.69 Å². The van der Waals surface area contributed by atoms with E-state index in [1.807, 2.05) is 51.1 Å². The number of thioether (sulfide) groups is 1. The smallest absolute Gasteiger partial charge is 0.237 e. The molecule has 1 amide bonds. The van der Waals surface area contributed by atoms with Crippen molar-refractivity contribution in [2.45, 2.75) is 37.5 Å². The molecular weight excluding hydrogens is 282 g/mol. The zero-order valence-electron chi connectivity index (χ0n) is 12.5. The normalized spacial score (nSPS) is 12.0. The predicted molar refractivity (Wildman–Crippen MR) is 86.5 cm³/mol. The summed E-state index contributed by atoms with van der Waals surface area (Å²) in [4.78, 5) is 20.6. The second kappa shape index (κ2) is 7.22. The maximum atomic E-state index is 12.3. The van der Waals surface area contributed by atoms with Crippen molar-refractivity contribution in [2.75, 3.05) is 5.32 Å². The van der Waals surface area contributed by atoms with Crippen LogP contribution in [-0.2, 0) is 4.79 Å². The van der Waals surface area contributed by atoms with Crippen LogP contribution in [-0.4, -0.2) is 21.1 Å². The first-order chi connectivity index (χ1) is 10.1. The lowest BCUT2D eigenvalue weighted by atomic mass is 10.2. The number of carbonyl (C=O) groups excluding carboxylic acids is 1. The van der Waals surface area contributed by atoms with E-state index in [4.69, 9.17) is 0 Å². The van der Waals surface area contributed by atoms with Crippen LogP contribution in [0.1, 0.15) is 24.6 Å². The molecule has 0 bridgehead atoms. The van der Waals surface area contributed by atoms with Crippen LogP contribution in [0.25, 0.3) is 0 Å². The Labute approximate surface area is 129 Å². The Kier molecular flexibility index (Phi) is 5.33. The second-order valence-corrected chi connectivity index (χ2v) is 6.09. The molecule has 110 valence electrons. The Balaban J connectivity index is 2.03. The number of aryl methyl sites for hydroxylation is 2. The molecule has 2 rings (SSSR count). The van der Waals surface area contributed by atoms with Gasteiger partial charge >= 0.3 is 0 Å². The van der Waals surface area contributed by atoms with Crippen LogP contribution in [0.5, 0.6) is 0 Å². The number of rotatable bonds is 5. The fourth-order valence-corrected chi connectivity index (χ4v) is 2.79. The van der Waals surface area contributed by atoms with E-state index in [2.05, 4.69) is 15.3 Å². The number of nitrogens with one attached hydrogen (secondary N) is 1. The van der Waals surface area contributed by atoms with E-state index in [1.165, 1.54) is 23.7 Å². The molecular formula is C16H19N3OS. The molecule has 0 unspecified atom stereocenters. The van der Waals surface area contributed by atoms with Gasteiger partial charge in [0.1, 0.15) is 11.4 Å². The molecule has 0 spiro atoms. The highest BCUT2D eigenvalue weighted by atomic mass is 32.2. The Bertz CT molecular complexity index is 613. The number of aromatic nitrogens is 2. The van der Waals surface area contributed by atoms with Gasteiger partial charge in [0.25, 0.3) is 0 Å². The molecule has 21 heavy (non-hydrogen) atoms. The summed E-state index contributed by atoms with van der Waals surface area (Å²) in [5, 5.41) is 3.61. The minimum Gasteiger partial charge on any atom is -0.325 e. The van der Waals surface area contributed by atoms with E-state index in [1.54, 1.807) is 0 Å². The van der Waals surface area contributed by atoms with Crippen LogP contribution in [0.15, 0.2) is 41.7 Å². The quantitative estimate of drug-likeness (QED) is 0.677. The van der Waals surface area contributed by atoms with Crippen molar-refractivity contribution >= 4 is 23.4 Å². The standard InChI is InChI=1S/C16H19N3OS/c1-4-14(21-15-9-12(3)17-10-18-15)16(20)19-13-7-5-11(2)6-8-13/h5-10,14H,4H2,1-3H3,(H,19,20)/t14-/m1/s1. The van der Waals surface area contributed by atoms with Gasteiger partial charge in [0, 0.05) is 11.4 Å². The fourth-order valence-electron chi connectivity index (χ4n) is 1.82. The zero-order valence-corrected chi connectivity index (χ0v) is 13.3. The molecule has 2 aromatic rings. The molecule has 1 heterocycles. The van der Waals surface area contributed by atoms with E-state index in [9.17, 15) is 4.79 Å². The van der Waals surface area contributed by atoms with Crippen molar-refractivity contribution in [1.29, 1.82) is 0 Å². The number of hydrogen-bond acceptors (Lipinski definition) is 4. The van der Waals surface area contributed by atoms with Crippen LogP contribution < -0.4 is 5.32 Å². The van der Waals surface area contributed by atoms with Crippen molar-refractivity contribution in [3.63, 3.8) is 0 Å². The van der Waals surface area contributed by atoms with E-state index >= 15 is 0 Å². The van der Waals surface area contributed by atoms with Crippen LogP contribution in [0.2, 0.25) is 0 Å². The lowest BCUT2D eigenvalue weighted by Crippen LogP contribution is -2.24. The highest BCUT2D eigenvalue weighted by molar-refractivity contribution is 8.00. The van der Waals surface area contributed by atoms with Gasteiger partial charge in [0.2, 0.25) is 5.91 Å². The molecule has 1 atom stereocenters. The molecule has 1 aromatic heterocycles. The molecule has 4 nitrogen and oxygen atoms in total. The van der Waals surface area contributed by atoms with Crippen molar-refractivity contribution in [3.8, 4) is 0 Å². The number of carbonyl (C=O) groups is 1. The Morgan fingerprint density at radius 3 is 2.57 bits per heavy atom. The predicted octanol–water partition coefficient (Wildman–Crippen LogP) is 3.60. The monoisotopic (exact) mass is 301 g/mol. The minimum atomic E-state index is -0.166. The summed E-state index contributed by atoms with van der Waals surface area (Å²) >= 11 is 1.47. The third-order valence-corrected chi connectivity index (χ3v) is 4.32. The molecule has 0 aliphatic carbocycles. The molecule has 1 aromatic carbocycles. The van der Waals surface area contributed by atoms with E-state index in [-0.39, 0.29) is 11.2 Å². The van der Waals surface area contributed by atoms with Gasteiger partial charge in [-0.3, -0.25) is 4.79 Å². The summed E-state index contributed by atoms with van der Waals surface area (Å²) in [7, 11) is 0. The van der Waals surface area contributed by atoms with Gasteiger partial charge in [-0.15, -0.1) is 0 Å². The van der Waals surface area contributed by atoms with Crippen molar-refractivity contribution in [3.05, 3.63) is 47.9 Å². The summed E-state index contributed by atoms with van der Waals surface area (Å²) in [6, 6.07) is 9.69. The topological polar surface area (TPSA) is 54.9 Å². The lowest BCUT2D eigenvalue weighted by molar-refractivity contribution is -0.115. The molecule has 0 radical (unpaired) electrons. The summed E-state index contributed by atoms with van der Waals surface area (Å²) in [6.07, 6.45) is 2.27. The summed E-state index contributed by atoms with van der Waals surface area (Å²) in [5.74, 6) is 0.00242. The van der Waals surface area contributed by atoms with Crippen LogP contribution >= 0.6 is 11.8 Å². The molecule has 0 aliphatic rings. The summed E-state index contributed by atoms with van der Waals surface area (Å²) in [5.41, 5.74) is 2.90. The first-order valence-electron chi connectivity index (χ1n) is 6.91. The van der Waals surface area contributed by atoms with Gasteiger partial charge < -0.3 is 5.32 Å². The van der Waals surface area contributed by atoms with Gasteiger partial charge in [-0.05, 0) is 38.5 Å². The molecule has 0 fully saturated rings. The van der Waals surface area contributed by atoms with Gasteiger partial charge in [0.15, 0.2) is 0 Å². The van der Waals surface area contributed by atoms with Gasteiger partial charge in [-0.25, -0.2) is 9.97 Å². The molecule has 0 aliphatic heterocycles. The van der Waals surface area contributed by atoms with E-state index < -0.39 is 0 Å². The third-order valence-electron chi connectivity index (χ3n) is 3.02. The maximum Gasteiger partial charge on any atom is 0.237 e. The zero-order chi connectivity index (χ0) is 15.2. The Hall–Kier alpha value is -1.88. The van der Waals surface area contributed by atoms with Crippen LogP contribution in [0, 0.1) is 13.8 Å². The van der Waals surface area contributed by atoms with Gasteiger partial charge in [0.05, 0.1) is 5.25 Å². The average Bonchev–Trinajstić information content (AvgIpc) is 2.47. The lowest BCUT2D eigenvalue weighted by Gasteiger charge is -2.14. The molecule has 0 saturated heterocycles. The Morgan fingerprint density at radius 1 is 1.24 bits per heavy atom. The SMILES string of the molecule is CC[C@@H](Sc1cc(C)ncn1)C(=O)Nc1ccc(C)cc1. The molecule has 5 heteroatoms. The van der Waals surface area contributed by atoms with Gasteiger partial charge in [-0.2, -0.15) is 0 Å². The number of nitrogens with zero attached hydrogens (tertiary/aromatic N) is 2. The number of hydrogen-bond donors (Lipinski definition) is 1. The van der Waals surface area contributed by atoms with Crippen molar-refractivity contribution < 1.29 is 4.79 Å². The first kappa shape index (κ1) is 15.5. The molecule has 1 N–H and O–H groups in total. The maximum absolute atomic E-state index is 12.3. The molecule has 0 saturated carbocycles. The number of amides is 1. The summed E-state index contributed by atoms with van der Waals surface area (Å²) in [6.45, 7) is 5.94. The van der Waals surface area contributed by atoms with Gasteiger partial charge in [-0.1, -0.05) is 36.4 Å². The van der Waals surface area contributed by atoms with E-state index in [0.29, 0.717) is 0 Å². The summed E-state index contributed by atoms with van der Waals surface area (Å²) < 4.78 is 0. The average molecular weight is 301 g/mol. The van der Waals surface area contributed by atoms with Crippen molar-refractivity contribution in [1.82, 2.24) is 9.97 Å². The Morgan fingerprint density at radius 2 is 1.95 bits per heavy atom. The highest BCUT2D eigenvalue weighted by Gasteiger charge is 2.18. The fraction of sp³-hybridized carbons (Fsp3) is 0.312. The number of benzene rings is 1. The van der Waals surface area contributed by atoms with E-state index in [0.717, 1.165) is 22.8 Å². The van der Waals surface area contributed by atoms with Crippen LogP contribution in [0.3, 0.4) is 0 Å². The minimum absolute atomic E-state index is 0.00242. The first-order valence-corrected chi connectivity index (χ1v) is 7.79. The highest BCUT2D eigenvalue weighted by Crippen LogP contribution is 2.25.